The first-order valence-corrected chi connectivity index (χ1v) is 7.74. The molecule has 0 saturated carbocycles. The van der Waals surface area contributed by atoms with E-state index in [9.17, 15) is 14.4 Å². The number of anilines is 1. The van der Waals surface area contributed by atoms with Gasteiger partial charge in [-0.1, -0.05) is 6.07 Å². The Morgan fingerprint density at radius 2 is 1.76 bits per heavy atom. The number of aromatic nitrogens is 3. The van der Waals surface area contributed by atoms with Gasteiger partial charge in [-0.25, -0.2) is 9.78 Å². The number of carbonyl (C=O) groups excluding carboxylic acids is 1. The van der Waals surface area contributed by atoms with Gasteiger partial charge in [-0.05, 0) is 43.2 Å². The average Bonchev–Trinajstić information content (AvgIpc) is 2.60. The van der Waals surface area contributed by atoms with E-state index in [1.54, 1.807) is 13.1 Å². The lowest BCUT2D eigenvalue weighted by atomic mass is 10.1. The average molecular weight is 338 g/mol. The Morgan fingerprint density at radius 3 is 2.44 bits per heavy atom. The van der Waals surface area contributed by atoms with Crippen molar-refractivity contribution in [2.45, 2.75) is 13.8 Å². The second kappa shape index (κ2) is 6.01. The van der Waals surface area contributed by atoms with Gasteiger partial charge in [0.05, 0.1) is 17.3 Å². The summed E-state index contributed by atoms with van der Waals surface area (Å²) in [6.45, 7) is 3.91. The van der Waals surface area contributed by atoms with Crippen molar-refractivity contribution in [2.24, 2.45) is 14.1 Å². The molecule has 1 aromatic carbocycles. The summed E-state index contributed by atoms with van der Waals surface area (Å²) < 4.78 is 2.31. The van der Waals surface area contributed by atoms with Crippen LogP contribution in [0.1, 0.15) is 21.5 Å². The Bertz CT molecular complexity index is 1130. The van der Waals surface area contributed by atoms with Gasteiger partial charge in [0.1, 0.15) is 5.65 Å². The minimum atomic E-state index is -0.451. The summed E-state index contributed by atoms with van der Waals surface area (Å²) in [4.78, 5) is 40.8. The van der Waals surface area contributed by atoms with Crippen LogP contribution in [0.15, 0.2) is 40.1 Å². The lowest BCUT2D eigenvalue weighted by Crippen LogP contribution is -2.37. The minimum Gasteiger partial charge on any atom is -0.321 e. The topological polar surface area (TPSA) is 86.0 Å². The quantitative estimate of drug-likeness (QED) is 0.767. The van der Waals surface area contributed by atoms with Gasteiger partial charge in [-0.15, -0.1) is 0 Å². The Labute approximate surface area is 143 Å². The zero-order chi connectivity index (χ0) is 18.3. The SMILES string of the molecule is Cc1ccc(C(=O)Nc2cnc3c(c2)c(=O)n(C)c(=O)n3C)cc1C. The molecule has 0 atom stereocenters. The van der Waals surface area contributed by atoms with Crippen LogP contribution in [0, 0.1) is 13.8 Å². The number of hydrogen-bond acceptors (Lipinski definition) is 4. The molecule has 128 valence electrons. The largest absolute Gasteiger partial charge is 0.332 e. The number of rotatable bonds is 2. The predicted octanol–water partition coefficient (Wildman–Crippen LogP) is 1.50. The van der Waals surface area contributed by atoms with Crippen molar-refractivity contribution < 1.29 is 4.79 Å². The van der Waals surface area contributed by atoms with E-state index < -0.39 is 11.2 Å². The second-order valence-corrected chi connectivity index (χ2v) is 6.05. The Kier molecular flexibility index (Phi) is 4.00. The highest BCUT2D eigenvalue weighted by Gasteiger charge is 2.12. The highest BCUT2D eigenvalue weighted by molar-refractivity contribution is 6.04. The van der Waals surface area contributed by atoms with Crippen LogP contribution in [0.5, 0.6) is 0 Å². The number of hydrogen-bond donors (Lipinski definition) is 1. The minimum absolute atomic E-state index is 0.266. The predicted molar refractivity (Wildman–Crippen MR) is 96.1 cm³/mol. The first kappa shape index (κ1) is 16.6. The van der Waals surface area contributed by atoms with E-state index >= 15 is 0 Å². The molecule has 0 aliphatic carbocycles. The number of pyridine rings is 1. The van der Waals surface area contributed by atoms with E-state index in [-0.39, 0.29) is 16.9 Å². The van der Waals surface area contributed by atoms with Crippen molar-refractivity contribution in [1.82, 2.24) is 14.1 Å². The molecule has 1 N–H and O–H groups in total. The number of nitrogens with one attached hydrogen (secondary N) is 1. The molecule has 3 rings (SSSR count). The Balaban J connectivity index is 2.02. The Morgan fingerprint density at radius 1 is 1.04 bits per heavy atom. The van der Waals surface area contributed by atoms with Crippen LogP contribution in [0.4, 0.5) is 5.69 Å². The molecule has 2 aromatic heterocycles. The third-order valence-electron chi connectivity index (χ3n) is 4.32. The summed E-state index contributed by atoms with van der Waals surface area (Å²) in [5, 5.41) is 3.01. The fourth-order valence-electron chi connectivity index (χ4n) is 2.62. The van der Waals surface area contributed by atoms with Crippen LogP contribution in [-0.2, 0) is 14.1 Å². The lowest BCUT2D eigenvalue weighted by molar-refractivity contribution is 0.102. The number of amides is 1. The fourth-order valence-corrected chi connectivity index (χ4v) is 2.62. The van der Waals surface area contributed by atoms with Gasteiger partial charge in [0, 0.05) is 19.7 Å². The standard InChI is InChI=1S/C18H18N4O3/c1-10-5-6-12(7-11(10)2)16(23)20-13-8-14-15(19-9-13)21(3)18(25)22(4)17(14)24/h5-9H,1-4H3,(H,20,23). The van der Waals surface area contributed by atoms with E-state index in [2.05, 4.69) is 10.3 Å². The van der Waals surface area contributed by atoms with Gasteiger partial charge in [0.15, 0.2) is 0 Å². The van der Waals surface area contributed by atoms with Crippen molar-refractivity contribution in [3.05, 3.63) is 68.0 Å². The summed E-state index contributed by atoms with van der Waals surface area (Å²) in [5.74, 6) is -0.286. The molecule has 0 unspecified atom stereocenters. The molecule has 25 heavy (non-hydrogen) atoms. The van der Waals surface area contributed by atoms with Crippen molar-refractivity contribution in [3.63, 3.8) is 0 Å². The third-order valence-corrected chi connectivity index (χ3v) is 4.32. The number of carbonyl (C=O) groups is 1. The molecular weight excluding hydrogens is 320 g/mol. The highest BCUT2D eigenvalue weighted by Crippen LogP contribution is 2.15. The molecule has 0 fully saturated rings. The zero-order valence-electron chi connectivity index (χ0n) is 14.5. The summed E-state index contributed by atoms with van der Waals surface area (Å²) in [6.07, 6.45) is 1.43. The van der Waals surface area contributed by atoms with Crippen molar-refractivity contribution >= 4 is 22.6 Å². The van der Waals surface area contributed by atoms with E-state index in [0.717, 1.165) is 15.7 Å². The molecule has 2 heterocycles. The van der Waals surface area contributed by atoms with Gasteiger partial charge in [-0.3, -0.25) is 18.7 Å². The number of aryl methyl sites for hydroxylation is 3. The summed E-state index contributed by atoms with van der Waals surface area (Å²) in [7, 11) is 2.95. The van der Waals surface area contributed by atoms with Gasteiger partial charge >= 0.3 is 5.69 Å². The molecule has 7 nitrogen and oxygen atoms in total. The maximum Gasteiger partial charge on any atom is 0.332 e. The van der Waals surface area contributed by atoms with Gasteiger partial charge in [0.2, 0.25) is 0 Å². The number of benzene rings is 1. The van der Waals surface area contributed by atoms with Crippen molar-refractivity contribution in [1.29, 1.82) is 0 Å². The molecule has 1 amide bonds. The molecule has 0 radical (unpaired) electrons. The van der Waals surface area contributed by atoms with Crippen LogP contribution >= 0.6 is 0 Å². The zero-order valence-corrected chi connectivity index (χ0v) is 14.5. The molecular formula is C18H18N4O3. The molecule has 0 aliphatic rings. The van der Waals surface area contributed by atoms with Crippen molar-refractivity contribution in [2.75, 3.05) is 5.32 Å². The molecule has 0 bridgehead atoms. The molecule has 0 saturated heterocycles. The normalized spacial score (nSPS) is 10.9. The third kappa shape index (κ3) is 2.84. The lowest BCUT2D eigenvalue weighted by Gasteiger charge is -2.10. The van der Waals surface area contributed by atoms with Crippen molar-refractivity contribution in [3.8, 4) is 0 Å². The molecule has 7 heteroatoms. The smallest absolute Gasteiger partial charge is 0.321 e. The van der Waals surface area contributed by atoms with Gasteiger partial charge < -0.3 is 5.32 Å². The first-order valence-electron chi connectivity index (χ1n) is 7.74. The maximum atomic E-state index is 12.4. The van der Waals surface area contributed by atoms with Gasteiger partial charge in [0.25, 0.3) is 11.5 Å². The van der Waals surface area contributed by atoms with Crippen LogP contribution in [0.2, 0.25) is 0 Å². The van der Waals surface area contributed by atoms with Gasteiger partial charge in [-0.2, -0.15) is 0 Å². The van der Waals surface area contributed by atoms with Crippen LogP contribution in [0.3, 0.4) is 0 Å². The first-order chi connectivity index (χ1) is 11.8. The summed E-state index contributed by atoms with van der Waals surface area (Å²) in [6, 6.07) is 6.97. The van der Waals surface area contributed by atoms with Crippen LogP contribution in [0.25, 0.3) is 11.0 Å². The number of nitrogens with zero attached hydrogens (tertiary/aromatic N) is 3. The second-order valence-electron chi connectivity index (χ2n) is 6.05. The maximum absolute atomic E-state index is 12.4. The molecule has 0 aliphatic heterocycles. The summed E-state index contributed by atoms with van der Waals surface area (Å²) >= 11 is 0. The Hall–Kier alpha value is -3.22. The van der Waals surface area contributed by atoms with E-state index in [0.29, 0.717) is 11.3 Å². The van der Waals surface area contributed by atoms with E-state index in [1.807, 2.05) is 26.0 Å². The van der Waals surface area contributed by atoms with E-state index in [1.165, 1.54) is 23.9 Å². The summed E-state index contributed by atoms with van der Waals surface area (Å²) in [5.41, 5.74) is 2.42. The highest BCUT2D eigenvalue weighted by atomic mass is 16.2. The number of fused-ring (bicyclic) bond motifs is 1. The van der Waals surface area contributed by atoms with Crippen LogP contribution < -0.4 is 16.6 Å². The molecule has 0 spiro atoms. The van der Waals surface area contributed by atoms with Crippen LogP contribution in [-0.4, -0.2) is 20.0 Å². The molecule has 3 aromatic rings. The van der Waals surface area contributed by atoms with E-state index in [4.69, 9.17) is 0 Å². The fraction of sp³-hybridized carbons (Fsp3) is 0.222. The monoisotopic (exact) mass is 338 g/mol.